The summed E-state index contributed by atoms with van der Waals surface area (Å²) < 4.78 is 32.5. The van der Waals surface area contributed by atoms with Crippen molar-refractivity contribution in [2.45, 2.75) is 20.8 Å². The molecular formula is C17H16F2O2. The number of benzene rings is 2. The summed E-state index contributed by atoms with van der Waals surface area (Å²) in [6.07, 6.45) is 0. The summed E-state index contributed by atoms with van der Waals surface area (Å²) in [6.45, 7) is 5.13. The number of carbonyl (C=O) groups is 1. The predicted octanol–water partition coefficient (Wildman–Crippen LogP) is 4.13. The molecule has 0 saturated carbocycles. The van der Waals surface area contributed by atoms with Crippen molar-refractivity contribution in [3.05, 3.63) is 63.7 Å². The van der Waals surface area contributed by atoms with Crippen LogP contribution in [0.25, 0.3) is 0 Å². The Balaban J connectivity index is 2.63. The fraction of sp³-hybridized carbons (Fsp3) is 0.235. The molecule has 0 radical (unpaired) electrons. The van der Waals surface area contributed by atoms with Gasteiger partial charge in [-0.2, -0.15) is 0 Å². The number of halogens is 2. The highest BCUT2D eigenvalue weighted by Gasteiger charge is 2.21. The number of carbonyl (C=O) groups excluding carboxylic acids is 1. The van der Waals surface area contributed by atoms with Crippen LogP contribution >= 0.6 is 0 Å². The summed E-state index contributed by atoms with van der Waals surface area (Å²) in [5.41, 5.74) is 2.01. The molecule has 4 heteroatoms. The van der Waals surface area contributed by atoms with E-state index in [0.717, 1.165) is 11.6 Å². The molecule has 0 fully saturated rings. The van der Waals surface area contributed by atoms with Crippen molar-refractivity contribution in [3.8, 4) is 5.75 Å². The lowest BCUT2D eigenvalue weighted by atomic mass is 9.95. The summed E-state index contributed by atoms with van der Waals surface area (Å²) in [4.78, 5) is 12.6. The second kappa shape index (κ2) is 5.64. The third kappa shape index (κ3) is 2.79. The first-order valence-electron chi connectivity index (χ1n) is 6.50. The van der Waals surface area contributed by atoms with E-state index in [4.69, 9.17) is 4.74 Å². The Morgan fingerprint density at radius 1 is 0.952 bits per heavy atom. The quantitative estimate of drug-likeness (QED) is 0.794. The van der Waals surface area contributed by atoms with E-state index in [9.17, 15) is 13.6 Å². The zero-order valence-corrected chi connectivity index (χ0v) is 12.4. The van der Waals surface area contributed by atoms with Gasteiger partial charge in [0.15, 0.2) is 5.78 Å². The Labute approximate surface area is 122 Å². The van der Waals surface area contributed by atoms with Gasteiger partial charge in [-0.1, -0.05) is 6.07 Å². The minimum absolute atomic E-state index is 0.154. The van der Waals surface area contributed by atoms with Gasteiger partial charge in [0.2, 0.25) is 0 Å². The van der Waals surface area contributed by atoms with Crippen molar-refractivity contribution in [2.24, 2.45) is 0 Å². The number of hydrogen-bond acceptors (Lipinski definition) is 2. The number of hydrogen-bond donors (Lipinski definition) is 0. The largest absolute Gasteiger partial charge is 0.496 e. The highest BCUT2D eigenvalue weighted by atomic mass is 19.1. The van der Waals surface area contributed by atoms with Gasteiger partial charge < -0.3 is 4.74 Å². The zero-order chi connectivity index (χ0) is 15.7. The first kappa shape index (κ1) is 15.2. The maximum absolute atomic E-state index is 13.9. The fourth-order valence-corrected chi connectivity index (χ4v) is 2.35. The molecule has 21 heavy (non-hydrogen) atoms. The first-order valence-corrected chi connectivity index (χ1v) is 6.50. The van der Waals surface area contributed by atoms with Gasteiger partial charge in [-0.25, -0.2) is 8.78 Å². The molecule has 0 bridgehead atoms. The van der Waals surface area contributed by atoms with Crippen LogP contribution in [0.4, 0.5) is 8.78 Å². The molecule has 0 aliphatic carbocycles. The van der Waals surface area contributed by atoms with Crippen LogP contribution in [0.2, 0.25) is 0 Å². The third-order valence-electron chi connectivity index (χ3n) is 3.38. The van der Waals surface area contributed by atoms with E-state index in [0.29, 0.717) is 16.9 Å². The number of ketones is 1. The number of aryl methyl sites for hydroxylation is 3. The molecule has 0 aromatic heterocycles. The maximum Gasteiger partial charge on any atom is 0.199 e. The van der Waals surface area contributed by atoms with E-state index in [-0.39, 0.29) is 11.1 Å². The molecule has 0 aliphatic rings. The standard InChI is InChI=1S/C17H16F2O2/c1-9-5-11(3)16(15(6-9)21-4)17(20)12-7-10(2)13(18)8-14(12)19/h5-8H,1-4H3. The summed E-state index contributed by atoms with van der Waals surface area (Å²) >= 11 is 0. The zero-order valence-electron chi connectivity index (χ0n) is 12.4. The number of rotatable bonds is 3. The Bertz CT molecular complexity index is 721. The highest BCUT2D eigenvalue weighted by molar-refractivity contribution is 6.12. The normalized spacial score (nSPS) is 10.6. The van der Waals surface area contributed by atoms with Gasteiger partial charge in [0.1, 0.15) is 17.4 Å². The van der Waals surface area contributed by atoms with Gasteiger partial charge in [0, 0.05) is 6.07 Å². The lowest BCUT2D eigenvalue weighted by molar-refractivity contribution is 0.103. The highest BCUT2D eigenvalue weighted by Crippen LogP contribution is 2.28. The molecule has 0 N–H and O–H groups in total. The van der Waals surface area contributed by atoms with Crippen molar-refractivity contribution < 1.29 is 18.3 Å². The van der Waals surface area contributed by atoms with Crippen LogP contribution in [-0.2, 0) is 0 Å². The Morgan fingerprint density at radius 2 is 1.62 bits per heavy atom. The van der Waals surface area contributed by atoms with Crippen LogP contribution in [0.15, 0.2) is 24.3 Å². The van der Waals surface area contributed by atoms with Gasteiger partial charge in [-0.05, 0) is 49.6 Å². The number of ether oxygens (including phenoxy) is 1. The van der Waals surface area contributed by atoms with E-state index in [1.807, 2.05) is 13.0 Å². The molecule has 2 rings (SSSR count). The summed E-state index contributed by atoms with van der Waals surface area (Å²) in [7, 11) is 1.46. The van der Waals surface area contributed by atoms with E-state index in [2.05, 4.69) is 0 Å². The molecular weight excluding hydrogens is 274 g/mol. The summed E-state index contributed by atoms with van der Waals surface area (Å²) in [5.74, 6) is -1.66. The van der Waals surface area contributed by atoms with Crippen LogP contribution in [0.1, 0.15) is 32.6 Å². The molecule has 0 spiro atoms. The Morgan fingerprint density at radius 3 is 2.24 bits per heavy atom. The van der Waals surface area contributed by atoms with Crippen molar-refractivity contribution in [2.75, 3.05) is 7.11 Å². The van der Waals surface area contributed by atoms with Crippen LogP contribution in [0.5, 0.6) is 5.75 Å². The van der Waals surface area contributed by atoms with Crippen molar-refractivity contribution in [1.29, 1.82) is 0 Å². The summed E-state index contributed by atoms with van der Waals surface area (Å²) in [6, 6.07) is 5.50. The molecule has 2 nitrogen and oxygen atoms in total. The minimum atomic E-state index is -0.870. The monoisotopic (exact) mass is 290 g/mol. The molecule has 0 saturated heterocycles. The molecule has 0 amide bonds. The van der Waals surface area contributed by atoms with Crippen LogP contribution in [0, 0.1) is 32.4 Å². The minimum Gasteiger partial charge on any atom is -0.496 e. The lowest BCUT2D eigenvalue weighted by Gasteiger charge is -2.13. The van der Waals surface area contributed by atoms with Gasteiger partial charge >= 0.3 is 0 Å². The molecule has 2 aromatic rings. The average Bonchev–Trinajstić information content (AvgIpc) is 2.41. The molecule has 0 aliphatic heterocycles. The van der Waals surface area contributed by atoms with Crippen molar-refractivity contribution >= 4 is 5.78 Å². The van der Waals surface area contributed by atoms with Crippen molar-refractivity contribution in [3.63, 3.8) is 0 Å². The van der Waals surface area contributed by atoms with E-state index >= 15 is 0 Å². The van der Waals surface area contributed by atoms with E-state index in [1.54, 1.807) is 13.0 Å². The molecule has 0 atom stereocenters. The predicted molar refractivity (Wildman–Crippen MR) is 77.0 cm³/mol. The van der Waals surface area contributed by atoms with Gasteiger partial charge in [0.05, 0.1) is 18.2 Å². The second-order valence-electron chi connectivity index (χ2n) is 5.07. The van der Waals surface area contributed by atoms with Crippen LogP contribution < -0.4 is 4.74 Å². The Hall–Kier alpha value is -2.23. The maximum atomic E-state index is 13.9. The van der Waals surface area contributed by atoms with Crippen LogP contribution in [-0.4, -0.2) is 12.9 Å². The molecule has 0 heterocycles. The topological polar surface area (TPSA) is 26.3 Å². The average molecular weight is 290 g/mol. The first-order chi connectivity index (χ1) is 9.85. The van der Waals surface area contributed by atoms with Crippen LogP contribution in [0.3, 0.4) is 0 Å². The smallest absolute Gasteiger partial charge is 0.199 e. The van der Waals surface area contributed by atoms with Gasteiger partial charge in [-0.15, -0.1) is 0 Å². The third-order valence-corrected chi connectivity index (χ3v) is 3.38. The van der Waals surface area contributed by atoms with E-state index < -0.39 is 17.4 Å². The Kier molecular flexibility index (Phi) is 4.07. The lowest BCUT2D eigenvalue weighted by Crippen LogP contribution is -2.10. The SMILES string of the molecule is COc1cc(C)cc(C)c1C(=O)c1cc(C)c(F)cc1F. The van der Waals surface area contributed by atoms with Crippen molar-refractivity contribution in [1.82, 2.24) is 0 Å². The molecule has 110 valence electrons. The second-order valence-corrected chi connectivity index (χ2v) is 5.07. The molecule has 0 unspecified atom stereocenters. The summed E-state index contributed by atoms with van der Waals surface area (Å²) in [5, 5.41) is 0. The fourth-order valence-electron chi connectivity index (χ4n) is 2.35. The number of methoxy groups -OCH3 is 1. The van der Waals surface area contributed by atoms with Gasteiger partial charge in [-0.3, -0.25) is 4.79 Å². The molecule has 2 aromatic carbocycles. The van der Waals surface area contributed by atoms with E-state index in [1.165, 1.54) is 20.1 Å². The van der Waals surface area contributed by atoms with Gasteiger partial charge in [0.25, 0.3) is 0 Å².